The van der Waals surface area contributed by atoms with Crippen molar-refractivity contribution in [2.45, 2.75) is 17.7 Å². The van der Waals surface area contributed by atoms with Crippen LogP contribution in [0.15, 0.2) is 38.4 Å². The molecule has 1 N–H and O–H groups in total. The van der Waals surface area contributed by atoms with Crippen molar-refractivity contribution >= 4 is 43.4 Å². The Morgan fingerprint density at radius 1 is 1.38 bits per heavy atom. The summed E-state index contributed by atoms with van der Waals surface area (Å²) in [5.74, 6) is 0.351. The maximum atomic E-state index is 11.9. The fourth-order valence-electron chi connectivity index (χ4n) is 2.32. The van der Waals surface area contributed by atoms with Crippen LogP contribution in [-0.4, -0.2) is 47.8 Å². The molecule has 1 fully saturated rings. The number of carbonyl (C=O) groups excluding carboxylic acids is 1. The molecule has 1 unspecified atom stereocenters. The molecule has 0 radical (unpaired) electrons. The number of sulfone groups is 1. The van der Waals surface area contributed by atoms with E-state index in [4.69, 9.17) is 4.42 Å². The van der Waals surface area contributed by atoms with E-state index < -0.39 is 9.84 Å². The molecule has 1 aliphatic heterocycles. The van der Waals surface area contributed by atoms with Gasteiger partial charge in [-0.1, -0.05) is 23.9 Å². The molecule has 1 atom stereocenters. The molecule has 2 aromatic rings. The molecular formula is C14H14BrN3O4S2. The topological polar surface area (TPSA) is 102 Å². The highest BCUT2D eigenvalue weighted by atomic mass is 79.9. The Hall–Kier alpha value is -1.39. The molecule has 10 heteroatoms. The van der Waals surface area contributed by atoms with Crippen LogP contribution in [0.3, 0.4) is 0 Å². The molecule has 7 nitrogen and oxygen atoms in total. The Labute approximate surface area is 151 Å². The Kier molecular flexibility index (Phi) is 5.26. The number of nitrogens with one attached hydrogen (secondary N) is 1. The average molecular weight is 432 g/mol. The summed E-state index contributed by atoms with van der Waals surface area (Å²) < 4.78 is 29.1. The van der Waals surface area contributed by atoms with Crippen molar-refractivity contribution in [1.82, 2.24) is 15.5 Å². The first-order valence-corrected chi connectivity index (χ1v) is 10.7. The molecule has 1 saturated heterocycles. The third kappa shape index (κ3) is 4.37. The number of amides is 1. The van der Waals surface area contributed by atoms with Crippen LogP contribution in [-0.2, 0) is 14.6 Å². The zero-order chi connectivity index (χ0) is 17.2. The van der Waals surface area contributed by atoms with Crippen molar-refractivity contribution in [3.63, 3.8) is 0 Å². The maximum absolute atomic E-state index is 11.9. The zero-order valence-corrected chi connectivity index (χ0v) is 15.7. The van der Waals surface area contributed by atoms with E-state index in [0.717, 1.165) is 21.8 Å². The highest BCUT2D eigenvalue weighted by Crippen LogP contribution is 2.28. The van der Waals surface area contributed by atoms with Gasteiger partial charge in [0.15, 0.2) is 9.84 Å². The van der Waals surface area contributed by atoms with Crippen molar-refractivity contribution in [3.05, 3.63) is 28.7 Å². The Balaban J connectivity index is 1.54. The third-order valence-electron chi connectivity index (χ3n) is 3.44. The van der Waals surface area contributed by atoms with Crippen LogP contribution in [0.5, 0.6) is 0 Å². The van der Waals surface area contributed by atoms with Gasteiger partial charge in [0.1, 0.15) is 0 Å². The molecule has 1 aromatic carbocycles. The first-order chi connectivity index (χ1) is 11.4. The first kappa shape index (κ1) is 17.4. The second-order valence-electron chi connectivity index (χ2n) is 5.31. The minimum atomic E-state index is -3.01. The number of hydrogen-bond donors (Lipinski definition) is 1. The standard InChI is InChI=1S/C14H14BrN3O4S2/c15-11-4-2-1-3-10(11)13-17-18-14(22-13)23-7-12(19)16-9-5-6-24(20,21)8-9/h1-4,9H,5-8H2,(H,16,19). The smallest absolute Gasteiger partial charge is 0.277 e. The van der Waals surface area contributed by atoms with Crippen LogP contribution < -0.4 is 5.32 Å². The summed E-state index contributed by atoms with van der Waals surface area (Å²) in [5.41, 5.74) is 0.775. The Morgan fingerprint density at radius 2 is 2.17 bits per heavy atom. The Morgan fingerprint density at radius 3 is 2.88 bits per heavy atom. The van der Waals surface area contributed by atoms with Gasteiger partial charge < -0.3 is 9.73 Å². The number of benzene rings is 1. The summed E-state index contributed by atoms with van der Waals surface area (Å²) in [5, 5.41) is 10.9. The van der Waals surface area contributed by atoms with Crippen molar-refractivity contribution < 1.29 is 17.6 Å². The summed E-state index contributed by atoms with van der Waals surface area (Å²) in [4.78, 5) is 11.9. The van der Waals surface area contributed by atoms with Crippen LogP contribution in [0.2, 0.25) is 0 Å². The van der Waals surface area contributed by atoms with E-state index in [9.17, 15) is 13.2 Å². The SMILES string of the molecule is O=C(CSc1nnc(-c2ccccc2Br)o1)NC1CCS(=O)(=O)C1. The second kappa shape index (κ2) is 7.24. The molecule has 1 aromatic heterocycles. The van der Waals surface area contributed by atoms with Crippen LogP contribution in [0.4, 0.5) is 0 Å². The van der Waals surface area contributed by atoms with E-state index in [1.54, 1.807) is 0 Å². The number of halogens is 1. The minimum absolute atomic E-state index is 0.0101. The van der Waals surface area contributed by atoms with Gasteiger partial charge >= 0.3 is 0 Å². The monoisotopic (exact) mass is 431 g/mol. The lowest BCUT2D eigenvalue weighted by Crippen LogP contribution is -2.36. The number of hydrogen-bond acceptors (Lipinski definition) is 7. The molecule has 0 saturated carbocycles. The molecule has 24 heavy (non-hydrogen) atoms. The number of aromatic nitrogens is 2. The van der Waals surface area contributed by atoms with Crippen LogP contribution >= 0.6 is 27.7 Å². The molecule has 1 aliphatic rings. The predicted molar refractivity (Wildman–Crippen MR) is 93.4 cm³/mol. The van der Waals surface area contributed by atoms with Gasteiger partial charge in [0.05, 0.1) is 22.8 Å². The van der Waals surface area contributed by atoms with E-state index >= 15 is 0 Å². The predicted octanol–water partition coefficient (Wildman–Crippen LogP) is 1.89. The van der Waals surface area contributed by atoms with Gasteiger partial charge in [0.2, 0.25) is 11.8 Å². The highest BCUT2D eigenvalue weighted by Gasteiger charge is 2.28. The van der Waals surface area contributed by atoms with Gasteiger partial charge in [-0.2, -0.15) is 0 Å². The van der Waals surface area contributed by atoms with Crippen molar-refractivity contribution in [2.24, 2.45) is 0 Å². The molecule has 1 amide bonds. The van der Waals surface area contributed by atoms with E-state index in [-0.39, 0.29) is 34.4 Å². The quantitative estimate of drug-likeness (QED) is 0.720. The normalized spacial score (nSPS) is 19.3. The Bertz CT molecular complexity index is 853. The van der Waals surface area contributed by atoms with E-state index in [0.29, 0.717) is 12.3 Å². The molecule has 2 heterocycles. The molecule has 0 aliphatic carbocycles. The lowest BCUT2D eigenvalue weighted by molar-refractivity contribution is -0.119. The van der Waals surface area contributed by atoms with Crippen LogP contribution in [0, 0.1) is 0 Å². The van der Waals surface area contributed by atoms with Gasteiger partial charge in [0, 0.05) is 10.5 Å². The van der Waals surface area contributed by atoms with Crippen LogP contribution in [0.25, 0.3) is 11.5 Å². The molecule has 3 rings (SSSR count). The number of rotatable bonds is 5. The van der Waals surface area contributed by atoms with Crippen LogP contribution in [0.1, 0.15) is 6.42 Å². The maximum Gasteiger partial charge on any atom is 0.277 e. The minimum Gasteiger partial charge on any atom is -0.411 e. The van der Waals surface area contributed by atoms with E-state index in [1.807, 2.05) is 24.3 Å². The van der Waals surface area contributed by atoms with Gasteiger partial charge in [0.25, 0.3) is 5.22 Å². The number of nitrogens with zero attached hydrogens (tertiary/aromatic N) is 2. The first-order valence-electron chi connectivity index (χ1n) is 7.14. The highest BCUT2D eigenvalue weighted by molar-refractivity contribution is 9.10. The van der Waals surface area contributed by atoms with E-state index in [1.165, 1.54) is 0 Å². The summed E-state index contributed by atoms with van der Waals surface area (Å²) in [6, 6.07) is 7.16. The summed E-state index contributed by atoms with van der Waals surface area (Å²) in [6.07, 6.45) is 0.464. The lowest BCUT2D eigenvalue weighted by atomic mass is 10.2. The summed E-state index contributed by atoms with van der Waals surface area (Å²) in [6.45, 7) is 0. The van der Waals surface area contributed by atoms with Gasteiger partial charge in [-0.05, 0) is 34.5 Å². The largest absolute Gasteiger partial charge is 0.411 e. The molecule has 0 bridgehead atoms. The van der Waals surface area contributed by atoms with Crippen molar-refractivity contribution in [2.75, 3.05) is 17.3 Å². The zero-order valence-electron chi connectivity index (χ0n) is 12.4. The molecular weight excluding hydrogens is 418 g/mol. The second-order valence-corrected chi connectivity index (χ2v) is 9.32. The summed E-state index contributed by atoms with van der Waals surface area (Å²) >= 11 is 4.53. The molecule has 128 valence electrons. The van der Waals surface area contributed by atoms with Gasteiger partial charge in [-0.15, -0.1) is 10.2 Å². The average Bonchev–Trinajstić information content (AvgIpc) is 3.12. The number of carbonyl (C=O) groups is 1. The van der Waals surface area contributed by atoms with E-state index in [2.05, 4.69) is 31.4 Å². The van der Waals surface area contributed by atoms with Crippen molar-refractivity contribution in [1.29, 1.82) is 0 Å². The summed E-state index contributed by atoms with van der Waals surface area (Å²) in [7, 11) is -3.01. The lowest BCUT2D eigenvalue weighted by Gasteiger charge is -2.09. The fourth-order valence-corrected chi connectivity index (χ4v) is 5.02. The fraction of sp³-hybridized carbons (Fsp3) is 0.357. The van der Waals surface area contributed by atoms with Crippen molar-refractivity contribution in [3.8, 4) is 11.5 Å². The molecule has 0 spiro atoms. The van der Waals surface area contributed by atoms with Gasteiger partial charge in [-0.25, -0.2) is 8.42 Å². The van der Waals surface area contributed by atoms with Gasteiger partial charge in [-0.3, -0.25) is 4.79 Å². The number of thioether (sulfide) groups is 1. The third-order valence-corrected chi connectivity index (χ3v) is 6.71.